The zero-order valence-corrected chi connectivity index (χ0v) is 18.1. The van der Waals surface area contributed by atoms with Crippen LogP contribution in [0.4, 0.5) is 0 Å². The van der Waals surface area contributed by atoms with Gasteiger partial charge in [-0.15, -0.1) is 0 Å². The monoisotopic (exact) mass is 451 g/mol. The topological polar surface area (TPSA) is 158 Å². The summed E-state index contributed by atoms with van der Waals surface area (Å²) in [5.41, 5.74) is 2.94. The minimum absolute atomic E-state index is 0.0596. The predicted octanol–water partition coefficient (Wildman–Crippen LogP) is 1.97. The molecule has 0 heterocycles. The van der Waals surface area contributed by atoms with Crippen LogP contribution in [0.15, 0.2) is 29.0 Å². The first-order valence-corrected chi connectivity index (χ1v) is 10.9. The average molecular weight is 451 g/mol. The maximum atomic E-state index is 13.4. The summed E-state index contributed by atoms with van der Waals surface area (Å²) < 4.78 is 0. The number of benzene rings is 1. The number of aromatic hydroxyl groups is 1. The molecule has 4 rings (SSSR count). The number of ketones is 2. The molecule has 0 saturated heterocycles. The van der Waals surface area contributed by atoms with Gasteiger partial charge in [-0.25, -0.2) is 0 Å². The Morgan fingerprint density at radius 1 is 1.21 bits per heavy atom. The molecule has 0 spiro atoms. The van der Waals surface area contributed by atoms with Crippen LogP contribution < -0.4 is 5.73 Å². The van der Waals surface area contributed by atoms with E-state index in [1.807, 2.05) is 0 Å². The number of rotatable bonds is 3. The fourth-order valence-corrected chi connectivity index (χ4v) is 5.16. The van der Waals surface area contributed by atoms with E-state index in [9.17, 15) is 34.8 Å². The highest BCUT2D eigenvalue weighted by Gasteiger charge is 2.60. The van der Waals surface area contributed by atoms with E-state index in [4.69, 9.17) is 5.73 Å². The zero-order chi connectivity index (χ0) is 24.1. The van der Waals surface area contributed by atoms with Crippen molar-refractivity contribution in [1.82, 2.24) is 0 Å². The Labute approximate surface area is 190 Å². The normalized spacial score (nSPS) is 26.2. The Hall–Kier alpha value is -3.57. The summed E-state index contributed by atoms with van der Waals surface area (Å²) in [5, 5.41) is 43.3. The third-order valence-corrected chi connectivity index (χ3v) is 6.83. The molecule has 172 valence electrons. The molecule has 3 aliphatic carbocycles. The van der Waals surface area contributed by atoms with Crippen molar-refractivity contribution < 1.29 is 34.8 Å². The highest BCUT2D eigenvalue weighted by Crippen LogP contribution is 2.52. The van der Waals surface area contributed by atoms with Crippen LogP contribution in [0.25, 0.3) is 5.76 Å². The van der Waals surface area contributed by atoms with Crippen LogP contribution >= 0.6 is 0 Å². The standard InChI is InChI=1S/C25H25NO7/c1-2-3-4-5-6-12-7-8-16(27)19-15(12)10-13-9-14-11-17(28)20(24(26)32)23(31)25(14,33)22(30)18(13)21(19)29/h7-8,13-14,27,29,31,33H,2-4,9-11H2,1H3,(H2,26,32). The molecule has 1 amide bonds. The minimum atomic E-state index is -2.55. The van der Waals surface area contributed by atoms with Crippen LogP contribution in [-0.2, 0) is 20.8 Å². The first-order valence-electron chi connectivity index (χ1n) is 10.9. The number of carbonyl (C=O) groups is 3. The molecule has 3 atom stereocenters. The van der Waals surface area contributed by atoms with Crippen LogP contribution in [0.3, 0.4) is 0 Å². The van der Waals surface area contributed by atoms with Crippen molar-refractivity contribution >= 4 is 23.2 Å². The Bertz CT molecular complexity index is 1210. The van der Waals surface area contributed by atoms with E-state index in [2.05, 4.69) is 18.8 Å². The number of carbonyl (C=O) groups excluding carboxylic acids is 3. The summed E-state index contributed by atoms with van der Waals surface area (Å²) in [7, 11) is 0. The molecule has 3 unspecified atom stereocenters. The lowest BCUT2D eigenvalue weighted by Crippen LogP contribution is -2.58. The maximum Gasteiger partial charge on any atom is 0.255 e. The molecule has 3 aliphatic rings. The lowest BCUT2D eigenvalue weighted by Gasteiger charge is -2.46. The SMILES string of the molecule is CCCCC#Cc1ccc(O)c2c1CC1CC3CC(=O)C(C(N)=O)=C(O)C3(O)C(=O)C1=C2O. The number of primary amides is 1. The van der Waals surface area contributed by atoms with Crippen molar-refractivity contribution in [2.45, 2.75) is 51.0 Å². The largest absolute Gasteiger partial charge is 0.508 e. The first kappa shape index (κ1) is 22.6. The Morgan fingerprint density at radius 3 is 2.61 bits per heavy atom. The van der Waals surface area contributed by atoms with Crippen molar-refractivity contribution in [2.75, 3.05) is 0 Å². The summed E-state index contributed by atoms with van der Waals surface area (Å²) in [5.74, 6) is -0.203. The highest BCUT2D eigenvalue weighted by atomic mass is 16.3. The van der Waals surface area contributed by atoms with Crippen molar-refractivity contribution in [3.05, 3.63) is 45.7 Å². The van der Waals surface area contributed by atoms with Gasteiger partial charge in [0.1, 0.15) is 22.8 Å². The van der Waals surface area contributed by atoms with Crippen LogP contribution in [0.5, 0.6) is 5.75 Å². The van der Waals surface area contributed by atoms with Gasteiger partial charge in [-0.05, 0) is 42.9 Å². The number of aliphatic hydroxyl groups is 3. The van der Waals surface area contributed by atoms with E-state index in [0.29, 0.717) is 17.5 Å². The second-order valence-corrected chi connectivity index (χ2v) is 8.80. The second kappa shape index (κ2) is 8.09. The Morgan fingerprint density at radius 2 is 1.94 bits per heavy atom. The molecule has 0 radical (unpaired) electrons. The molecule has 0 aliphatic heterocycles. The minimum Gasteiger partial charge on any atom is -0.508 e. The number of phenolic OH excluding ortho intramolecular Hbond substituents is 1. The van der Waals surface area contributed by atoms with Crippen LogP contribution in [0, 0.1) is 23.7 Å². The van der Waals surface area contributed by atoms with Crippen molar-refractivity contribution in [3.8, 4) is 17.6 Å². The zero-order valence-electron chi connectivity index (χ0n) is 18.1. The van der Waals surface area contributed by atoms with Gasteiger partial charge >= 0.3 is 0 Å². The number of unbranched alkanes of at least 4 members (excludes halogenated alkanes) is 2. The number of hydrogen-bond acceptors (Lipinski definition) is 7. The molecule has 6 N–H and O–H groups in total. The van der Waals surface area contributed by atoms with Crippen molar-refractivity contribution in [3.63, 3.8) is 0 Å². The quantitative estimate of drug-likeness (QED) is 0.267. The number of Topliss-reactive ketones (excluding diaryl/α,β-unsaturated/α-hetero) is 2. The molecule has 1 fully saturated rings. The number of hydrogen-bond donors (Lipinski definition) is 5. The molecule has 8 heteroatoms. The summed E-state index contributed by atoms with van der Waals surface area (Å²) in [4.78, 5) is 37.5. The molecule has 1 aromatic carbocycles. The number of nitrogens with two attached hydrogens (primary N) is 1. The third-order valence-electron chi connectivity index (χ3n) is 6.83. The summed E-state index contributed by atoms with van der Waals surface area (Å²) >= 11 is 0. The van der Waals surface area contributed by atoms with Crippen molar-refractivity contribution in [1.29, 1.82) is 0 Å². The van der Waals surface area contributed by atoms with E-state index in [1.54, 1.807) is 6.07 Å². The van der Waals surface area contributed by atoms with Crippen LogP contribution in [0.1, 0.15) is 55.7 Å². The summed E-state index contributed by atoms with van der Waals surface area (Å²) in [6, 6.07) is 3.04. The van der Waals surface area contributed by atoms with E-state index in [1.165, 1.54) is 6.07 Å². The molecule has 33 heavy (non-hydrogen) atoms. The van der Waals surface area contributed by atoms with E-state index in [-0.39, 0.29) is 36.1 Å². The lowest BCUT2D eigenvalue weighted by molar-refractivity contribution is -0.147. The van der Waals surface area contributed by atoms with Crippen LogP contribution in [0.2, 0.25) is 0 Å². The summed E-state index contributed by atoms with van der Waals surface area (Å²) in [6.07, 6.45) is 2.65. The molecular formula is C25H25NO7. The van der Waals surface area contributed by atoms with Gasteiger partial charge in [-0.2, -0.15) is 0 Å². The second-order valence-electron chi connectivity index (χ2n) is 8.80. The molecule has 1 aromatic rings. The van der Waals surface area contributed by atoms with Gasteiger partial charge in [0.2, 0.25) is 5.78 Å². The molecule has 8 nitrogen and oxygen atoms in total. The smallest absolute Gasteiger partial charge is 0.255 e. The first-order chi connectivity index (χ1) is 15.6. The predicted molar refractivity (Wildman–Crippen MR) is 118 cm³/mol. The van der Waals surface area contributed by atoms with E-state index >= 15 is 0 Å². The number of fused-ring (bicyclic) bond motifs is 3. The third kappa shape index (κ3) is 3.31. The fraction of sp³-hybridized carbons (Fsp3) is 0.400. The fourth-order valence-electron chi connectivity index (χ4n) is 5.16. The molecular weight excluding hydrogens is 426 g/mol. The van der Waals surface area contributed by atoms with Gasteiger partial charge in [0, 0.05) is 29.9 Å². The van der Waals surface area contributed by atoms with Gasteiger partial charge in [-0.3, -0.25) is 14.4 Å². The Balaban J connectivity index is 1.86. The van der Waals surface area contributed by atoms with E-state index < -0.39 is 52.0 Å². The van der Waals surface area contributed by atoms with Crippen LogP contribution in [-0.4, -0.2) is 43.5 Å². The van der Waals surface area contributed by atoms with Gasteiger partial charge in [-0.1, -0.05) is 25.2 Å². The number of phenols is 1. The highest BCUT2D eigenvalue weighted by molar-refractivity contribution is 6.22. The van der Waals surface area contributed by atoms with Gasteiger partial charge in [0.15, 0.2) is 11.4 Å². The van der Waals surface area contributed by atoms with Gasteiger partial charge in [0.25, 0.3) is 5.91 Å². The molecule has 0 aromatic heterocycles. The number of aliphatic hydroxyl groups excluding tert-OH is 2. The van der Waals surface area contributed by atoms with Crippen molar-refractivity contribution in [2.24, 2.45) is 17.6 Å². The lowest BCUT2D eigenvalue weighted by atomic mass is 9.59. The number of amides is 1. The van der Waals surface area contributed by atoms with Gasteiger partial charge < -0.3 is 26.2 Å². The maximum absolute atomic E-state index is 13.4. The van der Waals surface area contributed by atoms with Gasteiger partial charge in [0.05, 0.1) is 5.56 Å². The molecule has 0 bridgehead atoms. The average Bonchev–Trinajstić information content (AvgIpc) is 2.75. The summed E-state index contributed by atoms with van der Waals surface area (Å²) in [6.45, 7) is 2.06. The molecule has 1 saturated carbocycles. The Kier molecular flexibility index (Phi) is 5.54. The van der Waals surface area contributed by atoms with E-state index in [0.717, 1.165) is 12.8 Å².